The maximum Gasteiger partial charge on any atom is 0.321 e. The lowest BCUT2D eigenvalue weighted by Gasteiger charge is -2.14. The number of nitrogens with zero attached hydrogens (tertiary/aromatic N) is 4. The molecular formula is C19H18N6O2. The van der Waals surface area contributed by atoms with Crippen LogP contribution in [-0.4, -0.2) is 39.8 Å². The summed E-state index contributed by atoms with van der Waals surface area (Å²) >= 11 is 0. The monoisotopic (exact) mass is 362 g/mol. The molecule has 0 bridgehead atoms. The quantitative estimate of drug-likeness (QED) is 0.727. The van der Waals surface area contributed by atoms with E-state index in [0.29, 0.717) is 30.9 Å². The van der Waals surface area contributed by atoms with E-state index in [4.69, 9.17) is 0 Å². The second-order valence-electron chi connectivity index (χ2n) is 6.17. The van der Waals surface area contributed by atoms with E-state index in [1.807, 2.05) is 24.3 Å². The van der Waals surface area contributed by atoms with Crippen LogP contribution in [0.4, 0.5) is 16.2 Å². The van der Waals surface area contributed by atoms with Crippen LogP contribution in [0.1, 0.15) is 15.9 Å². The van der Waals surface area contributed by atoms with E-state index in [1.165, 1.54) is 6.33 Å². The zero-order valence-corrected chi connectivity index (χ0v) is 14.5. The molecule has 0 radical (unpaired) electrons. The Morgan fingerprint density at radius 2 is 1.89 bits per heavy atom. The van der Waals surface area contributed by atoms with Crippen molar-refractivity contribution in [3.8, 4) is 0 Å². The van der Waals surface area contributed by atoms with Crippen LogP contribution >= 0.6 is 0 Å². The van der Waals surface area contributed by atoms with E-state index < -0.39 is 0 Å². The first-order valence-corrected chi connectivity index (χ1v) is 8.57. The van der Waals surface area contributed by atoms with Gasteiger partial charge in [-0.15, -0.1) is 0 Å². The molecule has 0 unspecified atom stereocenters. The van der Waals surface area contributed by atoms with Crippen molar-refractivity contribution in [2.45, 2.75) is 6.54 Å². The van der Waals surface area contributed by atoms with Crippen molar-refractivity contribution in [2.24, 2.45) is 0 Å². The standard InChI is InChI=1S/C19H18N6O2/c26-18(15-3-1-14(2-4-15)11-24-13-20-12-22-24)23-16-5-7-17(8-6-16)25-10-9-21-19(25)27/h1-8,12-13H,9-11H2,(H,21,27)(H,23,26). The number of amides is 3. The molecule has 1 aromatic heterocycles. The molecular weight excluding hydrogens is 344 g/mol. The molecule has 1 saturated heterocycles. The third-order valence-corrected chi connectivity index (χ3v) is 4.32. The van der Waals surface area contributed by atoms with Gasteiger partial charge in [-0.2, -0.15) is 5.10 Å². The molecule has 8 nitrogen and oxygen atoms in total. The van der Waals surface area contributed by atoms with Crippen LogP contribution in [0.5, 0.6) is 0 Å². The molecule has 2 aromatic carbocycles. The van der Waals surface area contributed by atoms with Crippen LogP contribution in [0.2, 0.25) is 0 Å². The fourth-order valence-electron chi connectivity index (χ4n) is 2.91. The van der Waals surface area contributed by atoms with Crippen LogP contribution in [-0.2, 0) is 6.54 Å². The fourth-order valence-corrected chi connectivity index (χ4v) is 2.91. The van der Waals surface area contributed by atoms with Gasteiger partial charge in [0.05, 0.1) is 6.54 Å². The largest absolute Gasteiger partial charge is 0.336 e. The van der Waals surface area contributed by atoms with Gasteiger partial charge in [0, 0.05) is 30.0 Å². The smallest absolute Gasteiger partial charge is 0.321 e. The molecule has 0 spiro atoms. The van der Waals surface area contributed by atoms with Gasteiger partial charge in [0.2, 0.25) is 0 Å². The number of aromatic nitrogens is 3. The molecule has 1 aliphatic heterocycles. The number of hydrogen-bond acceptors (Lipinski definition) is 4. The fraction of sp³-hybridized carbons (Fsp3) is 0.158. The molecule has 3 amide bonds. The third kappa shape index (κ3) is 3.79. The Balaban J connectivity index is 1.39. The van der Waals surface area contributed by atoms with E-state index >= 15 is 0 Å². The normalized spacial score (nSPS) is 13.5. The van der Waals surface area contributed by atoms with Gasteiger partial charge in [0.1, 0.15) is 12.7 Å². The summed E-state index contributed by atoms with van der Waals surface area (Å²) in [6.07, 6.45) is 3.14. The topological polar surface area (TPSA) is 92.2 Å². The van der Waals surface area contributed by atoms with Gasteiger partial charge < -0.3 is 10.6 Å². The number of hydrogen-bond donors (Lipinski definition) is 2. The molecule has 1 fully saturated rings. The highest BCUT2D eigenvalue weighted by Crippen LogP contribution is 2.20. The van der Waals surface area contributed by atoms with Crippen LogP contribution in [0.15, 0.2) is 61.2 Å². The molecule has 2 heterocycles. The SMILES string of the molecule is O=C(Nc1ccc(N2CCNC2=O)cc1)c1ccc(Cn2cncn2)cc1. The summed E-state index contributed by atoms with van der Waals surface area (Å²) in [6.45, 7) is 1.89. The number of anilines is 2. The predicted octanol–water partition coefficient (Wildman–Crippen LogP) is 2.11. The Bertz CT molecular complexity index is 935. The zero-order valence-electron chi connectivity index (χ0n) is 14.5. The molecule has 2 N–H and O–H groups in total. The molecule has 3 aromatic rings. The number of nitrogens with one attached hydrogen (secondary N) is 2. The minimum atomic E-state index is -0.186. The summed E-state index contributed by atoms with van der Waals surface area (Å²) in [5, 5.41) is 9.69. The summed E-state index contributed by atoms with van der Waals surface area (Å²) in [7, 11) is 0. The van der Waals surface area contributed by atoms with E-state index in [-0.39, 0.29) is 11.9 Å². The van der Waals surface area contributed by atoms with Crippen molar-refractivity contribution in [1.29, 1.82) is 0 Å². The molecule has 4 rings (SSSR count). The number of benzene rings is 2. The highest BCUT2D eigenvalue weighted by Gasteiger charge is 2.20. The molecule has 0 atom stereocenters. The van der Waals surface area contributed by atoms with Gasteiger partial charge in [0.15, 0.2) is 0 Å². The van der Waals surface area contributed by atoms with Crippen molar-refractivity contribution in [3.63, 3.8) is 0 Å². The molecule has 0 aliphatic carbocycles. The van der Waals surface area contributed by atoms with Crippen LogP contribution < -0.4 is 15.5 Å². The van der Waals surface area contributed by atoms with Crippen molar-refractivity contribution in [2.75, 3.05) is 23.3 Å². The van der Waals surface area contributed by atoms with E-state index in [9.17, 15) is 9.59 Å². The minimum Gasteiger partial charge on any atom is -0.336 e. The summed E-state index contributed by atoms with van der Waals surface area (Å²) in [4.78, 5) is 29.7. The van der Waals surface area contributed by atoms with Crippen molar-refractivity contribution >= 4 is 23.3 Å². The highest BCUT2D eigenvalue weighted by molar-refractivity contribution is 6.04. The molecule has 0 saturated carbocycles. The first-order valence-electron chi connectivity index (χ1n) is 8.57. The Hall–Kier alpha value is -3.68. The molecule has 136 valence electrons. The van der Waals surface area contributed by atoms with Gasteiger partial charge in [0.25, 0.3) is 5.91 Å². The number of urea groups is 1. The van der Waals surface area contributed by atoms with Crippen molar-refractivity contribution < 1.29 is 9.59 Å². The third-order valence-electron chi connectivity index (χ3n) is 4.32. The maximum absolute atomic E-state index is 12.4. The second kappa shape index (κ2) is 7.28. The van der Waals surface area contributed by atoms with Crippen LogP contribution in [0.25, 0.3) is 0 Å². The van der Waals surface area contributed by atoms with Gasteiger partial charge in [-0.05, 0) is 42.0 Å². The zero-order chi connectivity index (χ0) is 18.6. The number of carbonyl (C=O) groups is 2. The average Bonchev–Trinajstić information content (AvgIpc) is 3.35. The predicted molar refractivity (Wildman–Crippen MR) is 101 cm³/mol. The number of carbonyl (C=O) groups excluding carboxylic acids is 2. The summed E-state index contributed by atoms with van der Waals surface area (Å²) < 4.78 is 1.72. The maximum atomic E-state index is 12.4. The van der Waals surface area contributed by atoms with E-state index in [1.54, 1.807) is 40.2 Å². The van der Waals surface area contributed by atoms with Crippen LogP contribution in [0, 0.1) is 0 Å². The Kier molecular flexibility index (Phi) is 4.52. The average molecular weight is 362 g/mol. The first-order chi connectivity index (χ1) is 13.2. The summed E-state index contributed by atoms with van der Waals surface area (Å²) in [5.74, 6) is -0.186. The van der Waals surface area contributed by atoms with Gasteiger partial charge in [-0.25, -0.2) is 14.5 Å². The lowest BCUT2D eigenvalue weighted by molar-refractivity contribution is 0.102. The molecule has 27 heavy (non-hydrogen) atoms. The van der Waals surface area contributed by atoms with Crippen molar-refractivity contribution in [3.05, 3.63) is 72.3 Å². The lowest BCUT2D eigenvalue weighted by atomic mass is 10.1. The van der Waals surface area contributed by atoms with Gasteiger partial charge in [-0.1, -0.05) is 12.1 Å². The number of rotatable bonds is 5. The van der Waals surface area contributed by atoms with E-state index in [0.717, 1.165) is 11.3 Å². The lowest BCUT2D eigenvalue weighted by Crippen LogP contribution is -2.27. The summed E-state index contributed by atoms with van der Waals surface area (Å²) in [6, 6.07) is 14.5. The second-order valence-corrected chi connectivity index (χ2v) is 6.17. The van der Waals surface area contributed by atoms with Crippen molar-refractivity contribution in [1.82, 2.24) is 20.1 Å². The Morgan fingerprint density at radius 1 is 1.11 bits per heavy atom. The van der Waals surface area contributed by atoms with Gasteiger partial charge >= 0.3 is 6.03 Å². The van der Waals surface area contributed by atoms with Crippen LogP contribution in [0.3, 0.4) is 0 Å². The molecule has 1 aliphatic rings. The minimum absolute atomic E-state index is 0.0993. The van der Waals surface area contributed by atoms with E-state index in [2.05, 4.69) is 20.7 Å². The Morgan fingerprint density at radius 3 is 2.52 bits per heavy atom. The van der Waals surface area contributed by atoms with Gasteiger partial charge in [-0.3, -0.25) is 9.69 Å². The Labute approximate surface area is 155 Å². The first kappa shape index (κ1) is 16.8. The summed E-state index contributed by atoms with van der Waals surface area (Å²) in [5.41, 5.74) is 3.08. The molecule has 8 heteroatoms. The highest BCUT2D eigenvalue weighted by atomic mass is 16.2.